The number of rotatable bonds is 12. The molecular weight excluding hydrogens is 713 g/mol. The number of fused-ring (bicyclic) bond motifs is 2. The van der Waals surface area contributed by atoms with Crippen LogP contribution in [0, 0.1) is 38.0 Å². The third-order valence-corrected chi connectivity index (χ3v) is 9.30. The van der Waals surface area contributed by atoms with E-state index < -0.39 is 30.8 Å². The normalized spacial score (nSPS) is 16.3. The molecule has 0 N–H and O–H groups in total. The zero-order chi connectivity index (χ0) is 39.8. The average Bonchev–Trinajstić information content (AvgIpc) is 3.38. The Hall–Kier alpha value is -6.41. The molecule has 0 bridgehead atoms. The molecule has 4 aromatic rings. The maximum absolute atomic E-state index is 13.6. The van der Waals surface area contributed by atoms with Crippen molar-refractivity contribution in [1.29, 1.82) is 0 Å². The van der Waals surface area contributed by atoms with Gasteiger partial charge in [-0.15, -0.1) is 12.3 Å². The lowest BCUT2D eigenvalue weighted by Gasteiger charge is -2.20. The highest BCUT2D eigenvalue weighted by molar-refractivity contribution is 6.24. The Bertz CT molecular complexity index is 2330. The second-order valence-corrected chi connectivity index (χ2v) is 12.9. The number of anilines is 2. The molecule has 4 aromatic carbocycles. The van der Waals surface area contributed by atoms with Crippen LogP contribution in [0.1, 0.15) is 51.4 Å². The number of nitrogens with zero attached hydrogens (tertiary/aromatic N) is 4. The van der Waals surface area contributed by atoms with Crippen LogP contribution in [0.4, 0.5) is 11.4 Å². The second kappa shape index (κ2) is 17.8. The number of likely N-dealkylation sites (N-methyl/N-ethyl adjacent to an activating group) is 2. The Morgan fingerprint density at radius 1 is 0.714 bits per heavy atom. The molecule has 2 heterocycles. The van der Waals surface area contributed by atoms with Crippen LogP contribution >= 0.6 is 0 Å². The van der Waals surface area contributed by atoms with Crippen LogP contribution in [0.3, 0.4) is 0 Å². The van der Waals surface area contributed by atoms with Crippen LogP contribution in [0.5, 0.6) is 0 Å². The van der Waals surface area contributed by atoms with Crippen molar-refractivity contribution in [3.05, 3.63) is 129 Å². The van der Waals surface area contributed by atoms with E-state index in [9.17, 15) is 14.4 Å². The number of carbonyl (C=O) groups excluding carboxylic acids is 3. The van der Waals surface area contributed by atoms with Gasteiger partial charge in [-0.1, -0.05) is 60.4 Å². The Kier molecular flexibility index (Phi) is 12.5. The Morgan fingerprint density at radius 3 is 1.91 bits per heavy atom. The molecule has 0 saturated carbocycles. The van der Waals surface area contributed by atoms with Crippen LogP contribution in [0.25, 0.3) is 0 Å². The van der Waals surface area contributed by atoms with Crippen molar-refractivity contribution < 1.29 is 38.4 Å². The number of terminal acetylenes is 1. The first-order chi connectivity index (χ1) is 27.1. The van der Waals surface area contributed by atoms with Gasteiger partial charge in [-0.2, -0.15) is 0 Å². The molecule has 6 rings (SSSR count). The number of amides is 2. The summed E-state index contributed by atoms with van der Waals surface area (Å²) >= 11 is 0. The van der Waals surface area contributed by atoms with E-state index in [1.165, 1.54) is 4.90 Å². The van der Waals surface area contributed by atoms with Gasteiger partial charge in [0.05, 0.1) is 22.8 Å². The van der Waals surface area contributed by atoms with Crippen LogP contribution in [0.2, 0.25) is 0 Å². The third kappa shape index (κ3) is 8.45. The summed E-state index contributed by atoms with van der Waals surface area (Å²) in [6, 6.07) is 23.8. The standard InChI is InChI=1S/C44H40N4O8/c1-7-13-31-19-21-37-35(23-31)39(32-16-11-9-14-28(32)3)45-36(42(49)47(37)5)24-55-56-27-53-25-52-26-54-44(51)41-43(50)48(6)38-20-18-30(8-2)22-34(38)40(46-41)33-17-12-10-15-29(33)4/h2,9-12,14-23,36,41H,24-27H2,1,3-6H3. The number of benzodiazepines with no additional fused rings is 2. The molecule has 0 aromatic heterocycles. The molecule has 56 heavy (non-hydrogen) atoms. The van der Waals surface area contributed by atoms with Crippen molar-refractivity contribution in [2.45, 2.75) is 32.9 Å². The van der Waals surface area contributed by atoms with E-state index in [0.717, 1.165) is 33.4 Å². The lowest BCUT2D eigenvalue weighted by molar-refractivity contribution is -0.346. The fraction of sp³-hybridized carbons (Fsp3) is 0.250. The fourth-order valence-electron chi connectivity index (χ4n) is 6.38. The zero-order valence-electron chi connectivity index (χ0n) is 31.7. The van der Waals surface area contributed by atoms with Crippen LogP contribution in [-0.2, 0) is 38.4 Å². The number of aliphatic imine (C=N–C) groups is 2. The summed E-state index contributed by atoms with van der Waals surface area (Å²) in [5.41, 5.74) is 8.63. The van der Waals surface area contributed by atoms with Gasteiger partial charge in [-0.05, 0) is 68.3 Å². The number of hydrogen-bond acceptors (Lipinski definition) is 10. The maximum atomic E-state index is 13.6. The van der Waals surface area contributed by atoms with Gasteiger partial charge in [0.15, 0.2) is 26.4 Å². The Morgan fingerprint density at radius 2 is 1.29 bits per heavy atom. The molecule has 0 radical (unpaired) electrons. The number of ether oxygens (including phenoxy) is 3. The van der Waals surface area contributed by atoms with Crippen molar-refractivity contribution in [2.75, 3.05) is 50.9 Å². The van der Waals surface area contributed by atoms with E-state index in [-0.39, 0.29) is 26.1 Å². The van der Waals surface area contributed by atoms with E-state index in [4.69, 9.17) is 35.4 Å². The minimum atomic E-state index is -1.50. The molecule has 0 spiro atoms. The number of esters is 1. The van der Waals surface area contributed by atoms with Crippen molar-refractivity contribution in [3.63, 3.8) is 0 Å². The molecule has 2 aliphatic rings. The predicted octanol–water partition coefficient (Wildman–Crippen LogP) is 5.12. The number of aryl methyl sites for hydroxylation is 2. The molecule has 284 valence electrons. The van der Waals surface area contributed by atoms with Crippen molar-refractivity contribution in [1.82, 2.24) is 0 Å². The van der Waals surface area contributed by atoms with Crippen LogP contribution in [-0.4, -0.2) is 82.4 Å². The first-order valence-corrected chi connectivity index (χ1v) is 17.7. The molecule has 0 fully saturated rings. The number of hydrogen-bond donors (Lipinski definition) is 0. The van der Waals surface area contributed by atoms with Gasteiger partial charge in [0.1, 0.15) is 6.61 Å². The van der Waals surface area contributed by atoms with Gasteiger partial charge in [-0.25, -0.2) is 14.6 Å². The molecule has 0 aliphatic carbocycles. The Balaban J connectivity index is 1.04. The monoisotopic (exact) mass is 752 g/mol. The van der Waals surface area contributed by atoms with E-state index in [1.807, 2.05) is 80.6 Å². The molecule has 12 nitrogen and oxygen atoms in total. The van der Waals surface area contributed by atoms with E-state index in [1.54, 1.807) is 44.1 Å². The minimum Gasteiger partial charge on any atom is -0.436 e. The summed E-state index contributed by atoms with van der Waals surface area (Å²) < 4.78 is 15.9. The summed E-state index contributed by atoms with van der Waals surface area (Å²) in [6.45, 7) is 4.24. The van der Waals surface area contributed by atoms with Gasteiger partial charge in [0.25, 0.3) is 11.8 Å². The van der Waals surface area contributed by atoms with E-state index in [0.29, 0.717) is 33.9 Å². The Labute approximate surface area is 325 Å². The summed E-state index contributed by atoms with van der Waals surface area (Å²) in [7, 11) is 3.26. The van der Waals surface area contributed by atoms with Crippen molar-refractivity contribution >= 4 is 40.6 Å². The number of benzene rings is 4. The molecule has 12 heteroatoms. The highest BCUT2D eigenvalue weighted by atomic mass is 17.2. The van der Waals surface area contributed by atoms with Crippen molar-refractivity contribution in [2.24, 2.45) is 9.98 Å². The summed E-state index contributed by atoms with van der Waals surface area (Å²) in [5.74, 6) is 6.85. The van der Waals surface area contributed by atoms with E-state index >= 15 is 0 Å². The smallest absolute Gasteiger partial charge is 0.342 e. The summed E-state index contributed by atoms with van der Waals surface area (Å²) in [4.78, 5) is 63.3. The molecule has 2 aliphatic heterocycles. The SMILES string of the molecule is C#Cc1ccc2c(c1)C(c1ccccc1C)=NC(C(=O)OCOCOCOOCC1N=C(c3ccccc3C)c3cc(C#CC)ccc3N(C)C1=O)C(=O)N2C. The number of carbonyl (C=O) groups is 3. The van der Waals surface area contributed by atoms with Gasteiger partial charge in [0, 0.05) is 47.5 Å². The molecular formula is C44H40N4O8. The zero-order valence-corrected chi connectivity index (χ0v) is 31.7. The predicted molar refractivity (Wildman–Crippen MR) is 211 cm³/mol. The lowest BCUT2D eigenvalue weighted by atomic mass is 9.95. The first kappa shape index (κ1) is 39.3. The van der Waals surface area contributed by atoms with E-state index in [2.05, 4.69) is 22.8 Å². The first-order valence-electron chi connectivity index (χ1n) is 17.7. The van der Waals surface area contributed by atoms with Gasteiger partial charge in [-0.3, -0.25) is 19.6 Å². The van der Waals surface area contributed by atoms with Crippen molar-refractivity contribution in [3.8, 4) is 24.2 Å². The molecule has 2 atom stereocenters. The fourth-order valence-corrected chi connectivity index (χ4v) is 6.38. The second-order valence-electron chi connectivity index (χ2n) is 12.9. The molecule has 0 saturated heterocycles. The largest absolute Gasteiger partial charge is 0.436 e. The quantitative estimate of drug-likeness (QED) is 0.0372. The van der Waals surface area contributed by atoms with Gasteiger partial charge >= 0.3 is 5.97 Å². The van der Waals surface area contributed by atoms with Gasteiger partial charge in [0.2, 0.25) is 6.04 Å². The highest BCUT2D eigenvalue weighted by Crippen LogP contribution is 2.31. The summed E-state index contributed by atoms with van der Waals surface area (Å²) in [6.07, 6.45) is 5.68. The highest BCUT2D eigenvalue weighted by Gasteiger charge is 2.36. The average molecular weight is 753 g/mol. The molecule has 2 unspecified atom stereocenters. The van der Waals surface area contributed by atoms with Crippen LogP contribution < -0.4 is 9.80 Å². The topological polar surface area (TPSA) is 129 Å². The van der Waals surface area contributed by atoms with Crippen LogP contribution in [0.15, 0.2) is 94.9 Å². The van der Waals surface area contributed by atoms with Gasteiger partial charge < -0.3 is 24.0 Å². The minimum absolute atomic E-state index is 0.196. The molecule has 2 amide bonds. The summed E-state index contributed by atoms with van der Waals surface area (Å²) in [5, 5.41) is 0. The maximum Gasteiger partial charge on any atom is 0.342 e. The lowest BCUT2D eigenvalue weighted by Crippen LogP contribution is -2.40. The third-order valence-electron chi connectivity index (χ3n) is 9.30.